The van der Waals surface area contributed by atoms with Gasteiger partial charge in [0.15, 0.2) is 0 Å². The molecule has 1 aliphatic rings. The molecular formula is C16H20F2N2O. The molecule has 21 heavy (non-hydrogen) atoms. The van der Waals surface area contributed by atoms with E-state index in [0.717, 1.165) is 25.7 Å². The van der Waals surface area contributed by atoms with Gasteiger partial charge in [-0.05, 0) is 18.9 Å². The van der Waals surface area contributed by atoms with Crippen LogP contribution in [0, 0.1) is 11.3 Å². The molecule has 1 aliphatic carbocycles. The molecule has 0 aromatic heterocycles. The first-order valence-electron chi connectivity index (χ1n) is 7.40. The summed E-state index contributed by atoms with van der Waals surface area (Å²) in [5.41, 5.74) is 0.476. The molecule has 0 spiro atoms. The predicted molar refractivity (Wildman–Crippen MR) is 76.1 cm³/mol. The summed E-state index contributed by atoms with van der Waals surface area (Å²) in [7, 11) is 0. The average Bonchev–Trinajstić information content (AvgIpc) is 2.73. The van der Waals surface area contributed by atoms with E-state index in [4.69, 9.17) is 0 Å². The van der Waals surface area contributed by atoms with E-state index in [1.54, 1.807) is 18.2 Å². The molecule has 1 aromatic rings. The monoisotopic (exact) mass is 294 g/mol. The van der Waals surface area contributed by atoms with Crippen molar-refractivity contribution >= 4 is 0 Å². The second-order valence-electron chi connectivity index (χ2n) is 5.33. The minimum atomic E-state index is -2.89. The fourth-order valence-electron chi connectivity index (χ4n) is 2.80. The third-order valence-corrected chi connectivity index (χ3v) is 3.83. The van der Waals surface area contributed by atoms with E-state index in [-0.39, 0.29) is 11.8 Å². The van der Waals surface area contributed by atoms with Gasteiger partial charge in [0, 0.05) is 11.6 Å². The highest BCUT2D eigenvalue weighted by molar-refractivity contribution is 5.38. The lowest BCUT2D eigenvalue weighted by Gasteiger charge is -2.22. The third-order valence-electron chi connectivity index (χ3n) is 3.83. The topological polar surface area (TPSA) is 45.0 Å². The number of hydrogen-bond acceptors (Lipinski definition) is 3. The van der Waals surface area contributed by atoms with Gasteiger partial charge in [-0.3, -0.25) is 5.32 Å². The fourth-order valence-corrected chi connectivity index (χ4v) is 2.80. The first kappa shape index (κ1) is 15.7. The zero-order chi connectivity index (χ0) is 15.1. The van der Waals surface area contributed by atoms with Crippen LogP contribution in [0.3, 0.4) is 0 Å². The lowest BCUT2D eigenvalue weighted by atomic mass is 10.0. The molecule has 1 fully saturated rings. The molecule has 5 heteroatoms. The average molecular weight is 294 g/mol. The van der Waals surface area contributed by atoms with Crippen molar-refractivity contribution in [1.29, 1.82) is 5.26 Å². The van der Waals surface area contributed by atoms with E-state index >= 15 is 0 Å². The molecule has 0 heterocycles. The number of hydrogen-bond donors (Lipinski definition) is 1. The molecule has 0 bridgehead atoms. The summed E-state index contributed by atoms with van der Waals surface area (Å²) in [6.07, 6.45) is 6.78. The van der Waals surface area contributed by atoms with Gasteiger partial charge in [-0.25, -0.2) is 0 Å². The number of alkyl halides is 2. The van der Waals surface area contributed by atoms with Crippen LogP contribution >= 0.6 is 0 Å². The number of benzene rings is 1. The molecule has 1 atom stereocenters. The van der Waals surface area contributed by atoms with Gasteiger partial charge in [-0.1, -0.05) is 43.9 Å². The smallest absolute Gasteiger partial charge is 0.387 e. The van der Waals surface area contributed by atoms with Crippen LogP contribution in [0.25, 0.3) is 0 Å². The molecule has 0 aliphatic heterocycles. The largest absolute Gasteiger partial charge is 0.434 e. The van der Waals surface area contributed by atoms with E-state index in [1.165, 1.54) is 18.9 Å². The highest BCUT2D eigenvalue weighted by Crippen LogP contribution is 2.28. The second kappa shape index (κ2) is 7.94. The van der Waals surface area contributed by atoms with Crippen LogP contribution < -0.4 is 10.1 Å². The van der Waals surface area contributed by atoms with Gasteiger partial charge in [0.25, 0.3) is 0 Å². The van der Waals surface area contributed by atoms with Crippen LogP contribution in [0.5, 0.6) is 5.75 Å². The number of nitriles is 1. The molecule has 1 aromatic carbocycles. The number of halogens is 2. The third kappa shape index (κ3) is 4.68. The maximum absolute atomic E-state index is 12.5. The zero-order valence-electron chi connectivity index (χ0n) is 11.9. The Morgan fingerprint density at radius 3 is 2.43 bits per heavy atom. The molecule has 0 amide bonds. The fraction of sp³-hybridized carbons (Fsp3) is 0.562. The van der Waals surface area contributed by atoms with Gasteiger partial charge < -0.3 is 4.74 Å². The van der Waals surface area contributed by atoms with Gasteiger partial charge in [-0.2, -0.15) is 14.0 Å². The van der Waals surface area contributed by atoms with Crippen molar-refractivity contribution < 1.29 is 13.5 Å². The quantitative estimate of drug-likeness (QED) is 0.829. The van der Waals surface area contributed by atoms with Crippen molar-refractivity contribution in [1.82, 2.24) is 5.32 Å². The Morgan fingerprint density at radius 1 is 1.14 bits per heavy atom. The Kier molecular flexibility index (Phi) is 5.94. The van der Waals surface area contributed by atoms with Crippen LogP contribution in [0.4, 0.5) is 8.78 Å². The molecule has 0 saturated heterocycles. The summed E-state index contributed by atoms with van der Waals surface area (Å²) in [6.45, 7) is -2.89. The normalized spacial score (nSPS) is 18.0. The summed E-state index contributed by atoms with van der Waals surface area (Å²) < 4.78 is 29.4. The molecule has 1 unspecified atom stereocenters. The van der Waals surface area contributed by atoms with Crippen LogP contribution in [-0.2, 0) is 0 Å². The van der Waals surface area contributed by atoms with Crippen molar-refractivity contribution in [2.24, 2.45) is 0 Å². The minimum Gasteiger partial charge on any atom is -0.434 e. The summed E-state index contributed by atoms with van der Waals surface area (Å²) >= 11 is 0. The standard InChI is InChI=1S/C16H20F2N2O/c17-16(18)21-15-10-6-5-9-13(15)14(11-19)20-12-7-3-1-2-4-8-12/h5-6,9-10,12,14,16,20H,1-4,7-8H2. The number of para-hydroxylation sites is 1. The highest BCUT2D eigenvalue weighted by atomic mass is 19.3. The molecule has 1 N–H and O–H groups in total. The van der Waals surface area contributed by atoms with Crippen LogP contribution in [0.15, 0.2) is 24.3 Å². The number of nitrogens with one attached hydrogen (secondary N) is 1. The van der Waals surface area contributed by atoms with Crippen LogP contribution in [-0.4, -0.2) is 12.7 Å². The number of ether oxygens (including phenoxy) is 1. The number of nitrogens with zero attached hydrogens (tertiary/aromatic N) is 1. The van der Waals surface area contributed by atoms with Crippen molar-refractivity contribution in [3.8, 4) is 11.8 Å². The predicted octanol–water partition coefficient (Wildman–Crippen LogP) is 4.17. The summed E-state index contributed by atoms with van der Waals surface area (Å²) in [4.78, 5) is 0. The Bertz CT molecular complexity index is 479. The molecule has 0 radical (unpaired) electrons. The molecule has 114 valence electrons. The van der Waals surface area contributed by atoms with E-state index in [1.807, 2.05) is 0 Å². The maximum atomic E-state index is 12.5. The zero-order valence-corrected chi connectivity index (χ0v) is 11.9. The van der Waals surface area contributed by atoms with Crippen molar-refractivity contribution in [2.75, 3.05) is 0 Å². The van der Waals surface area contributed by atoms with Crippen molar-refractivity contribution in [2.45, 2.75) is 57.2 Å². The van der Waals surface area contributed by atoms with Gasteiger partial charge >= 0.3 is 6.61 Å². The Balaban J connectivity index is 2.11. The molecule has 2 rings (SSSR count). The van der Waals surface area contributed by atoms with Crippen LogP contribution in [0.2, 0.25) is 0 Å². The van der Waals surface area contributed by atoms with Gasteiger partial charge in [0.05, 0.1) is 6.07 Å². The van der Waals surface area contributed by atoms with Gasteiger partial charge in [-0.15, -0.1) is 0 Å². The first-order valence-corrected chi connectivity index (χ1v) is 7.40. The molecule has 1 saturated carbocycles. The molecule has 3 nitrogen and oxygen atoms in total. The van der Waals surface area contributed by atoms with Gasteiger partial charge in [0.1, 0.15) is 11.8 Å². The lowest BCUT2D eigenvalue weighted by Crippen LogP contribution is -2.32. The highest BCUT2D eigenvalue weighted by Gasteiger charge is 2.21. The Labute approximate surface area is 123 Å². The maximum Gasteiger partial charge on any atom is 0.387 e. The Hall–Kier alpha value is -1.67. The number of rotatable bonds is 5. The summed E-state index contributed by atoms with van der Waals surface area (Å²) in [6, 6.07) is 8.29. The van der Waals surface area contributed by atoms with E-state index < -0.39 is 12.7 Å². The molecular weight excluding hydrogens is 274 g/mol. The minimum absolute atomic E-state index is 0.0696. The van der Waals surface area contributed by atoms with Crippen LogP contribution in [0.1, 0.15) is 50.1 Å². The van der Waals surface area contributed by atoms with Gasteiger partial charge in [0.2, 0.25) is 0 Å². The second-order valence-corrected chi connectivity index (χ2v) is 5.33. The van der Waals surface area contributed by atoms with E-state index in [0.29, 0.717) is 5.56 Å². The van der Waals surface area contributed by atoms with E-state index in [9.17, 15) is 14.0 Å². The first-order chi connectivity index (χ1) is 10.2. The Morgan fingerprint density at radius 2 is 1.81 bits per heavy atom. The SMILES string of the molecule is N#CC(NC1CCCCCC1)c1ccccc1OC(F)F. The van der Waals surface area contributed by atoms with E-state index in [2.05, 4.69) is 16.1 Å². The summed E-state index contributed by atoms with van der Waals surface area (Å²) in [5, 5.41) is 12.7. The summed E-state index contributed by atoms with van der Waals surface area (Å²) in [5.74, 6) is 0.0696. The lowest BCUT2D eigenvalue weighted by molar-refractivity contribution is -0.0506. The van der Waals surface area contributed by atoms with Crippen molar-refractivity contribution in [3.05, 3.63) is 29.8 Å². The van der Waals surface area contributed by atoms with Crippen molar-refractivity contribution in [3.63, 3.8) is 0 Å².